The molecule has 2 aromatic heterocycles. The van der Waals surface area contributed by atoms with E-state index in [0.29, 0.717) is 17.0 Å². The second kappa shape index (κ2) is 5.90. The molecule has 4 aromatic rings. The highest BCUT2D eigenvalue weighted by atomic mass is 19.1. The predicted molar refractivity (Wildman–Crippen MR) is 93.2 cm³/mol. The maximum Gasteiger partial charge on any atom is 0.273 e. The van der Waals surface area contributed by atoms with Crippen LogP contribution in [0.15, 0.2) is 65.5 Å². The molecule has 2 aromatic carbocycles. The quantitative estimate of drug-likeness (QED) is 0.623. The van der Waals surface area contributed by atoms with Crippen molar-refractivity contribution in [3.05, 3.63) is 76.8 Å². The van der Waals surface area contributed by atoms with Crippen LogP contribution in [0.2, 0.25) is 0 Å². The third-order valence-electron chi connectivity index (χ3n) is 3.99. The van der Waals surface area contributed by atoms with Crippen LogP contribution >= 0.6 is 0 Å². The topological polar surface area (TPSA) is 59.4 Å². The van der Waals surface area contributed by atoms with Gasteiger partial charge < -0.3 is 4.74 Å². The fourth-order valence-electron chi connectivity index (χ4n) is 2.68. The summed E-state index contributed by atoms with van der Waals surface area (Å²) >= 11 is 0. The van der Waals surface area contributed by atoms with Gasteiger partial charge in [0.25, 0.3) is 5.56 Å². The highest BCUT2D eigenvalue weighted by molar-refractivity contribution is 5.67. The number of nitrogens with one attached hydrogen (secondary N) is 1. The Balaban J connectivity index is 1.81. The van der Waals surface area contributed by atoms with E-state index in [9.17, 15) is 9.18 Å². The second-order valence-electron chi connectivity index (χ2n) is 5.58. The molecule has 0 fully saturated rings. The zero-order chi connectivity index (χ0) is 17.4. The van der Waals surface area contributed by atoms with Gasteiger partial charge in [-0.05, 0) is 54.1 Å². The molecule has 0 amide bonds. The first-order valence-electron chi connectivity index (χ1n) is 7.67. The fourth-order valence-corrected chi connectivity index (χ4v) is 2.68. The number of aromatic amines is 1. The summed E-state index contributed by atoms with van der Waals surface area (Å²) in [6.45, 7) is 0. The van der Waals surface area contributed by atoms with Crippen LogP contribution in [0.5, 0.6) is 5.75 Å². The predicted octanol–water partition coefficient (Wildman–Crippen LogP) is 3.50. The number of halogens is 1. The van der Waals surface area contributed by atoms with Gasteiger partial charge in [0.1, 0.15) is 11.6 Å². The number of ether oxygens (including phenoxy) is 1. The number of benzene rings is 2. The summed E-state index contributed by atoms with van der Waals surface area (Å²) in [4.78, 5) is 16.9. The van der Waals surface area contributed by atoms with Crippen LogP contribution in [0.4, 0.5) is 4.39 Å². The number of H-pyrrole nitrogens is 1. The Kier molecular flexibility index (Phi) is 3.57. The Labute approximate surface area is 142 Å². The lowest BCUT2D eigenvalue weighted by Crippen LogP contribution is -2.14. The average molecular weight is 335 g/mol. The molecule has 0 saturated carbocycles. The van der Waals surface area contributed by atoms with Crippen LogP contribution in [-0.4, -0.2) is 21.7 Å². The number of aromatic nitrogens is 3. The van der Waals surface area contributed by atoms with E-state index in [1.54, 1.807) is 25.3 Å². The van der Waals surface area contributed by atoms with E-state index in [0.717, 1.165) is 16.9 Å². The molecule has 0 atom stereocenters. The Morgan fingerprint density at radius 3 is 2.36 bits per heavy atom. The van der Waals surface area contributed by atoms with E-state index < -0.39 is 0 Å². The zero-order valence-electron chi connectivity index (χ0n) is 13.4. The van der Waals surface area contributed by atoms with E-state index in [1.165, 1.54) is 22.7 Å². The fraction of sp³-hybridized carbons (Fsp3) is 0.0526. The lowest BCUT2D eigenvalue weighted by atomic mass is 10.1. The minimum atomic E-state index is -0.308. The first-order valence-corrected chi connectivity index (χ1v) is 7.67. The van der Waals surface area contributed by atoms with Gasteiger partial charge in [0.05, 0.1) is 18.5 Å². The average Bonchev–Trinajstić information content (AvgIpc) is 3.07. The Hall–Kier alpha value is -3.41. The van der Waals surface area contributed by atoms with Crippen molar-refractivity contribution in [3.63, 3.8) is 0 Å². The van der Waals surface area contributed by atoms with Crippen LogP contribution in [0.3, 0.4) is 0 Å². The van der Waals surface area contributed by atoms with Crippen LogP contribution in [-0.2, 0) is 0 Å². The monoisotopic (exact) mass is 335 g/mol. The molecule has 0 bridgehead atoms. The lowest BCUT2D eigenvalue weighted by Gasteiger charge is -2.03. The standard InChI is InChI=1S/C19H14FN3O2/c1-25-15-8-4-12(5-9-15)16-11-19(24)23-18(21-16)10-17(22-23)13-2-6-14(20)7-3-13/h2-11,22H,1H3. The van der Waals surface area contributed by atoms with Gasteiger partial charge in [0.15, 0.2) is 5.65 Å². The maximum atomic E-state index is 13.1. The van der Waals surface area contributed by atoms with E-state index in [1.807, 2.05) is 24.3 Å². The summed E-state index contributed by atoms with van der Waals surface area (Å²) in [5.74, 6) is 0.429. The third kappa shape index (κ3) is 2.78. The van der Waals surface area contributed by atoms with Gasteiger partial charge in [0, 0.05) is 17.7 Å². The van der Waals surface area contributed by atoms with Crippen LogP contribution in [0, 0.1) is 5.82 Å². The smallest absolute Gasteiger partial charge is 0.273 e. The zero-order valence-corrected chi connectivity index (χ0v) is 13.4. The van der Waals surface area contributed by atoms with E-state index >= 15 is 0 Å². The lowest BCUT2D eigenvalue weighted by molar-refractivity contribution is 0.415. The molecule has 0 aliphatic heterocycles. The van der Waals surface area contributed by atoms with E-state index in [-0.39, 0.29) is 11.4 Å². The van der Waals surface area contributed by atoms with E-state index in [4.69, 9.17) is 4.74 Å². The van der Waals surface area contributed by atoms with Gasteiger partial charge in [-0.25, -0.2) is 13.9 Å². The molecule has 0 spiro atoms. The molecule has 5 nitrogen and oxygen atoms in total. The maximum absolute atomic E-state index is 13.1. The number of hydrogen-bond acceptors (Lipinski definition) is 3. The van der Waals surface area contributed by atoms with Gasteiger partial charge in [-0.15, -0.1) is 0 Å². The van der Waals surface area contributed by atoms with Crippen molar-refractivity contribution in [1.82, 2.24) is 14.6 Å². The van der Waals surface area contributed by atoms with Crippen LogP contribution in [0.25, 0.3) is 28.2 Å². The molecule has 1 N–H and O–H groups in total. The molecular weight excluding hydrogens is 321 g/mol. The summed E-state index contributed by atoms with van der Waals surface area (Å²) in [6.07, 6.45) is 0. The van der Waals surface area contributed by atoms with Gasteiger partial charge in [-0.1, -0.05) is 0 Å². The van der Waals surface area contributed by atoms with Gasteiger partial charge >= 0.3 is 0 Å². The molecule has 0 radical (unpaired) electrons. The number of fused-ring (bicyclic) bond motifs is 1. The molecule has 124 valence electrons. The van der Waals surface area contributed by atoms with Crippen molar-refractivity contribution in [3.8, 4) is 28.3 Å². The molecule has 0 aliphatic carbocycles. The van der Waals surface area contributed by atoms with E-state index in [2.05, 4.69) is 10.1 Å². The molecule has 4 rings (SSSR count). The summed E-state index contributed by atoms with van der Waals surface area (Å²) in [6, 6.07) is 16.6. The van der Waals surface area contributed by atoms with Crippen molar-refractivity contribution in [2.75, 3.05) is 7.11 Å². The number of rotatable bonds is 3. The molecule has 2 heterocycles. The molecule has 0 unspecified atom stereocenters. The number of nitrogens with zero attached hydrogens (tertiary/aromatic N) is 2. The van der Waals surface area contributed by atoms with Crippen LogP contribution in [0.1, 0.15) is 0 Å². The highest BCUT2D eigenvalue weighted by Gasteiger charge is 2.09. The molecular formula is C19H14FN3O2. The van der Waals surface area contributed by atoms with Crippen molar-refractivity contribution >= 4 is 5.65 Å². The van der Waals surface area contributed by atoms with Crippen molar-refractivity contribution in [2.24, 2.45) is 0 Å². The minimum Gasteiger partial charge on any atom is -0.497 e. The largest absolute Gasteiger partial charge is 0.497 e. The minimum absolute atomic E-state index is 0.218. The van der Waals surface area contributed by atoms with Crippen molar-refractivity contribution < 1.29 is 9.13 Å². The first-order chi connectivity index (χ1) is 12.1. The molecule has 6 heteroatoms. The summed E-state index contributed by atoms with van der Waals surface area (Å²) in [7, 11) is 1.60. The molecule has 0 aliphatic rings. The van der Waals surface area contributed by atoms with Gasteiger partial charge in [-0.3, -0.25) is 9.89 Å². The SMILES string of the molecule is COc1ccc(-c2cc(=O)n3[nH]c(-c4ccc(F)cc4)cc3n2)cc1. The Morgan fingerprint density at radius 2 is 1.68 bits per heavy atom. The molecule has 0 saturated heterocycles. The summed E-state index contributed by atoms with van der Waals surface area (Å²) in [5, 5.41) is 3.00. The normalized spacial score (nSPS) is 11.0. The van der Waals surface area contributed by atoms with Crippen molar-refractivity contribution in [1.29, 1.82) is 0 Å². The Morgan fingerprint density at radius 1 is 1.00 bits per heavy atom. The Bertz CT molecular complexity index is 1100. The van der Waals surface area contributed by atoms with Crippen LogP contribution < -0.4 is 10.3 Å². The van der Waals surface area contributed by atoms with Gasteiger partial charge in [-0.2, -0.15) is 0 Å². The third-order valence-corrected chi connectivity index (χ3v) is 3.99. The molecule has 25 heavy (non-hydrogen) atoms. The highest BCUT2D eigenvalue weighted by Crippen LogP contribution is 2.22. The summed E-state index contributed by atoms with van der Waals surface area (Å²) in [5.41, 5.74) is 3.15. The van der Waals surface area contributed by atoms with Crippen molar-refractivity contribution in [2.45, 2.75) is 0 Å². The first kappa shape index (κ1) is 15.1. The van der Waals surface area contributed by atoms with Gasteiger partial charge in [0.2, 0.25) is 0 Å². The number of methoxy groups -OCH3 is 1. The number of hydrogen-bond donors (Lipinski definition) is 1. The second-order valence-corrected chi connectivity index (χ2v) is 5.58. The summed E-state index contributed by atoms with van der Waals surface area (Å²) < 4.78 is 19.6.